The largest absolute Gasteiger partial charge is 0.389 e. The van der Waals surface area contributed by atoms with Crippen LogP contribution in [0.1, 0.15) is 44.6 Å². The van der Waals surface area contributed by atoms with Gasteiger partial charge >= 0.3 is 0 Å². The van der Waals surface area contributed by atoms with Crippen LogP contribution in [-0.2, 0) is 0 Å². The van der Waals surface area contributed by atoms with Crippen molar-refractivity contribution in [1.82, 2.24) is 0 Å². The quantitative estimate of drug-likeness (QED) is 0.751. The maximum Gasteiger partial charge on any atom is 0.105 e. The zero-order valence-corrected chi connectivity index (χ0v) is 14.4. The van der Waals surface area contributed by atoms with Crippen LogP contribution in [-0.4, -0.2) is 11.5 Å². The van der Waals surface area contributed by atoms with E-state index >= 15 is 0 Å². The smallest absolute Gasteiger partial charge is 0.105 e. The third-order valence-corrected chi connectivity index (χ3v) is 5.04. The van der Waals surface area contributed by atoms with Gasteiger partial charge in [-0.25, -0.2) is 0 Å². The highest BCUT2D eigenvalue weighted by molar-refractivity contribution is 9.10. The molecule has 0 amide bonds. The van der Waals surface area contributed by atoms with Gasteiger partial charge in [-0.05, 0) is 58.8 Å². The van der Waals surface area contributed by atoms with Crippen LogP contribution in [0.25, 0.3) is 0 Å². The first-order valence-corrected chi connectivity index (χ1v) is 8.59. The number of halogens is 1. The minimum absolute atomic E-state index is 0.430. The van der Waals surface area contributed by atoms with Crippen molar-refractivity contribution in [2.45, 2.75) is 39.0 Å². The molecule has 0 radical (unpaired) electrons. The Bertz CT molecular complexity index is 476. The molecule has 2 unspecified atom stereocenters. The van der Waals surface area contributed by atoms with Gasteiger partial charge in [0.25, 0.3) is 0 Å². The second kappa shape index (κ2) is 7.41. The molecule has 1 aliphatic rings. The Morgan fingerprint density at radius 3 is 2.90 bits per heavy atom. The summed E-state index contributed by atoms with van der Waals surface area (Å²) in [5.74, 6) is 1.80. The van der Waals surface area contributed by atoms with E-state index in [0.29, 0.717) is 4.99 Å². The number of nitrogens with one attached hydrogen (secondary N) is 1. The van der Waals surface area contributed by atoms with Crippen molar-refractivity contribution in [3.8, 4) is 0 Å². The first kappa shape index (κ1) is 15.8. The second-order valence-corrected chi connectivity index (χ2v) is 7.21. The van der Waals surface area contributed by atoms with Crippen LogP contribution < -0.4 is 11.1 Å². The van der Waals surface area contributed by atoms with Crippen molar-refractivity contribution in [3.63, 3.8) is 0 Å². The van der Waals surface area contributed by atoms with E-state index in [2.05, 4.69) is 34.2 Å². The highest BCUT2D eigenvalue weighted by atomic mass is 79.9. The van der Waals surface area contributed by atoms with E-state index in [9.17, 15) is 0 Å². The maximum absolute atomic E-state index is 5.66. The lowest BCUT2D eigenvalue weighted by Crippen LogP contribution is -2.16. The molecule has 1 aromatic carbocycles. The Kier molecular flexibility index (Phi) is 5.85. The molecule has 20 heavy (non-hydrogen) atoms. The van der Waals surface area contributed by atoms with E-state index < -0.39 is 0 Å². The molecule has 1 fully saturated rings. The predicted octanol–water partition coefficient (Wildman–Crippen LogP) is 4.71. The van der Waals surface area contributed by atoms with Crippen LogP contribution in [0.2, 0.25) is 0 Å². The Hall–Kier alpha value is -0.610. The summed E-state index contributed by atoms with van der Waals surface area (Å²) in [4.78, 5) is 0.430. The zero-order chi connectivity index (χ0) is 14.5. The van der Waals surface area contributed by atoms with E-state index in [-0.39, 0.29) is 0 Å². The summed E-state index contributed by atoms with van der Waals surface area (Å²) < 4.78 is 0.960. The molecule has 2 nitrogen and oxygen atoms in total. The SMILES string of the molecule is CC1CCCC(CCNc2ccc(C(N)=S)c(Br)c2)C1. The topological polar surface area (TPSA) is 38.0 Å². The van der Waals surface area contributed by atoms with Crippen LogP contribution in [0, 0.1) is 11.8 Å². The molecular formula is C16H23BrN2S. The van der Waals surface area contributed by atoms with Crippen molar-refractivity contribution in [2.75, 3.05) is 11.9 Å². The van der Waals surface area contributed by atoms with Gasteiger partial charge in [-0.3, -0.25) is 0 Å². The monoisotopic (exact) mass is 354 g/mol. The molecule has 110 valence electrons. The van der Waals surface area contributed by atoms with Crippen LogP contribution in [0.15, 0.2) is 22.7 Å². The van der Waals surface area contributed by atoms with Gasteiger partial charge in [-0.2, -0.15) is 0 Å². The molecule has 3 N–H and O–H groups in total. The van der Waals surface area contributed by atoms with Gasteiger partial charge in [-0.15, -0.1) is 0 Å². The molecule has 0 aliphatic heterocycles. The Morgan fingerprint density at radius 2 is 2.25 bits per heavy atom. The second-order valence-electron chi connectivity index (χ2n) is 5.91. The van der Waals surface area contributed by atoms with E-state index in [4.69, 9.17) is 18.0 Å². The number of nitrogens with two attached hydrogens (primary N) is 1. The number of benzene rings is 1. The zero-order valence-electron chi connectivity index (χ0n) is 12.0. The van der Waals surface area contributed by atoms with Crippen molar-refractivity contribution < 1.29 is 0 Å². The van der Waals surface area contributed by atoms with E-state index in [1.165, 1.54) is 32.1 Å². The third kappa shape index (κ3) is 4.45. The summed E-state index contributed by atoms with van der Waals surface area (Å²) >= 11 is 8.52. The lowest BCUT2D eigenvalue weighted by Gasteiger charge is -2.26. The molecule has 4 heteroatoms. The van der Waals surface area contributed by atoms with Crippen LogP contribution in [0.4, 0.5) is 5.69 Å². The van der Waals surface area contributed by atoms with E-state index in [0.717, 1.165) is 34.1 Å². The van der Waals surface area contributed by atoms with Crippen molar-refractivity contribution in [1.29, 1.82) is 0 Å². The minimum Gasteiger partial charge on any atom is -0.389 e. The average Bonchev–Trinajstić information content (AvgIpc) is 2.38. The maximum atomic E-state index is 5.66. The molecule has 0 heterocycles. The first-order valence-electron chi connectivity index (χ1n) is 7.39. The highest BCUT2D eigenvalue weighted by Crippen LogP contribution is 2.30. The summed E-state index contributed by atoms with van der Waals surface area (Å²) in [6.07, 6.45) is 6.87. The normalized spacial score (nSPS) is 22.5. The van der Waals surface area contributed by atoms with Crippen molar-refractivity contribution >= 4 is 38.8 Å². The summed E-state index contributed by atoms with van der Waals surface area (Å²) in [6.45, 7) is 3.42. The molecule has 0 aromatic heterocycles. The van der Waals surface area contributed by atoms with E-state index in [1.807, 2.05) is 12.1 Å². The molecule has 2 rings (SSSR count). The van der Waals surface area contributed by atoms with Crippen LogP contribution >= 0.6 is 28.1 Å². The summed E-state index contributed by atoms with van der Waals surface area (Å²) in [7, 11) is 0. The standard InChI is InChI=1S/C16H23BrN2S/c1-11-3-2-4-12(9-11)7-8-19-13-5-6-14(16(18)20)15(17)10-13/h5-6,10-12,19H,2-4,7-9H2,1H3,(H2,18,20). The van der Waals surface area contributed by atoms with Gasteiger partial charge in [0, 0.05) is 22.3 Å². The number of hydrogen-bond acceptors (Lipinski definition) is 2. The number of thiocarbonyl (C=S) groups is 1. The van der Waals surface area contributed by atoms with Gasteiger partial charge in [0.15, 0.2) is 0 Å². The Balaban J connectivity index is 1.82. The van der Waals surface area contributed by atoms with Gasteiger partial charge in [-0.1, -0.05) is 38.4 Å². The van der Waals surface area contributed by atoms with Gasteiger partial charge < -0.3 is 11.1 Å². The fourth-order valence-corrected chi connectivity index (χ4v) is 3.97. The lowest BCUT2D eigenvalue weighted by molar-refractivity contribution is 0.274. The van der Waals surface area contributed by atoms with Crippen molar-refractivity contribution in [3.05, 3.63) is 28.2 Å². The lowest BCUT2D eigenvalue weighted by atomic mass is 9.81. The van der Waals surface area contributed by atoms with Gasteiger partial charge in [0.1, 0.15) is 4.99 Å². The van der Waals surface area contributed by atoms with Crippen molar-refractivity contribution in [2.24, 2.45) is 17.6 Å². The molecular weight excluding hydrogens is 332 g/mol. The molecule has 2 atom stereocenters. The van der Waals surface area contributed by atoms with E-state index in [1.54, 1.807) is 0 Å². The molecule has 1 aromatic rings. The molecule has 0 bridgehead atoms. The molecule has 1 saturated carbocycles. The average molecular weight is 355 g/mol. The van der Waals surface area contributed by atoms with Crippen LogP contribution in [0.5, 0.6) is 0 Å². The molecule has 0 spiro atoms. The highest BCUT2D eigenvalue weighted by Gasteiger charge is 2.18. The predicted molar refractivity (Wildman–Crippen MR) is 94.3 cm³/mol. The summed E-state index contributed by atoms with van der Waals surface area (Å²) in [5.41, 5.74) is 7.68. The summed E-state index contributed by atoms with van der Waals surface area (Å²) in [5, 5.41) is 3.50. The number of hydrogen-bond donors (Lipinski definition) is 2. The summed E-state index contributed by atoms with van der Waals surface area (Å²) in [6, 6.07) is 6.07. The fourth-order valence-electron chi connectivity index (χ4n) is 3.07. The Labute approximate surface area is 135 Å². The first-order chi connectivity index (χ1) is 9.56. The Morgan fingerprint density at radius 1 is 1.45 bits per heavy atom. The number of rotatable bonds is 5. The molecule has 0 saturated heterocycles. The third-order valence-electron chi connectivity index (χ3n) is 4.16. The van der Waals surface area contributed by atoms with Gasteiger partial charge in [0.2, 0.25) is 0 Å². The van der Waals surface area contributed by atoms with Crippen LogP contribution in [0.3, 0.4) is 0 Å². The number of anilines is 1. The minimum atomic E-state index is 0.430. The molecule has 1 aliphatic carbocycles. The van der Waals surface area contributed by atoms with Gasteiger partial charge in [0.05, 0.1) is 0 Å². The fraction of sp³-hybridized carbons (Fsp3) is 0.562.